The Morgan fingerprint density at radius 2 is 2.00 bits per heavy atom. The first-order valence-electron chi connectivity index (χ1n) is 10.0. The Morgan fingerprint density at radius 1 is 1.24 bits per heavy atom. The van der Waals surface area contributed by atoms with Crippen molar-refractivity contribution in [3.8, 4) is 0 Å². The van der Waals surface area contributed by atoms with Crippen molar-refractivity contribution in [2.75, 3.05) is 6.61 Å². The maximum atomic E-state index is 11.8. The molecule has 138 valence electrons. The van der Waals surface area contributed by atoms with Crippen LogP contribution in [0.3, 0.4) is 0 Å². The lowest BCUT2D eigenvalue weighted by Crippen LogP contribution is -2.55. The molecule has 8 unspecified atom stereocenters. The number of hydrogen-bond acceptors (Lipinski definition) is 3. The summed E-state index contributed by atoms with van der Waals surface area (Å²) in [5.74, 6) is 2.23. The Balaban J connectivity index is 1.69. The summed E-state index contributed by atoms with van der Waals surface area (Å²) in [5, 5.41) is 20.8. The quantitative estimate of drug-likeness (QED) is 0.806. The Morgan fingerprint density at radius 3 is 2.72 bits per heavy atom. The molecule has 0 spiro atoms. The van der Waals surface area contributed by atoms with Gasteiger partial charge < -0.3 is 10.2 Å². The molecule has 4 rings (SSSR count). The molecule has 0 bridgehead atoms. The van der Waals surface area contributed by atoms with Crippen LogP contribution in [-0.4, -0.2) is 28.7 Å². The van der Waals surface area contributed by atoms with Crippen molar-refractivity contribution >= 4 is 5.78 Å². The van der Waals surface area contributed by atoms with Crippen molar-refractivity contribution in [2.45, 2.75) is 59.0 Å². The van der Waals surface area contributed by atoms with Gasteiger partial charge in [-0.05, 0) is 79.3 Å². The van der Waals surface area contributed by atoms with E-state index >= 15 is 0 Å². The normalized spacial score (nSPS) is 49.9. The van der Waals surface area contributed by atoms with E-state index in [9.17, 15) is 15.0 Å². The molecule has 3 nitrogen and oxygen atoms in total. The van der Waals surface area contributed by atoms with E-state index in [1.165, 1.54) is 19.3 Å². The van der Waals surface area contributed by atoms with Gasteiger partial charge in [0, 0.05) is 12.0 Å². The van der Waals surface area contributed by atoms with Crippen LogP contribution >= 0.6 is 0 Å². The summed E-state index contributed by atoms with van der Waals surface area (Å²) in [6.45, 7) is 7.13. The van der Waals surface area contributed by atoms with E-state index in [1.807, 2.05) is 0 Å². The van der Waals surface area contributed by atoms with Gasteiger partial charge >= 0.3 is 0 Å². The van der Waals surface area contributed by atoms with E-state index in [-0.39, 0.29) is 29.3 Å². The highest BCUT2D eigenvalue weighted by atomic mass is 16.3. The Labute approximate surface area is 151 Å². The van der Waals surface area contributed by atoms with Crippen LogP contribution in [0.4, 0.5) is 0 Å². The second-order valence-electron chi connectivity index (χ2n) is 9.64. The summed E-state index contributed by atoms with van der Waals surface area (Å²) >= 11 is 0. The molecule has 3 heteroatoms. The number of fused-ring (bicyclic) bond motifs is 5. The molecule has 0 radical (unpaired) electrons. The fraction of sp³-hybridized carbons (Fsp3) is 0.773. The van der Waals surface area contributed by atoms with Gasteiger partial charge in [0.05, 0.1) is 6.10 Å². The Hall–Kier alpha value is -0.930. The van der Waals surface area contributed by atoms with Gasteiger partial charge in [-0.1, -0.05) is 32.4 Å². The van der Waals surface area contributed by atoms with E-state index in [0.29, 0.717) is 36.0 Å². The third-order valence-corrected chi connectivity index (χ3v) is 8.63. The van der Waals surface area contributed by atoms with Crippen LogP contribution in [0.15, 0.2) is 23.8 Å². The first-order chi connectivity index (χ1) is 11.8. The molecular weight excluding hydrogens is 312 g/mol. The van der Waals surface area contributed by atoms with Crippen LogP contribution in [0.1, 0.15) is 52.9 Å². The maximum Gasteiger partial charge on any atom is 0.178 e. The van der Waals surface area contributed by atoms with E-state index in [2.05, 4.69) is 26.8 Å². The average Bonchev–Trinajstić information content (AvgIpc) is 2.93. The molecule has 0 aromatic heterocycles. The van der Waals surface area contributed by atoms with Crippen molar-refractivity contribution in [2.24, 2.45) is 40.4 Å². The minimum atomic E-state index is -0.337. The highest BCUT2D eigenvalue weighted by molar-refractivity contribution is 6.01. The zero-order chi connectivity index (χ0) is 18.0. The van der Waals surface area contributed by atoms with E-state index in [1.54, 1.807) is 12.2 Å². The van der Waals surface area contributed by atoms with Gasteiger partial charge in [0.1, 0.15) is 0 Å². The lowest BCUT2D eigenvalue weighted by molar-refractivity contribution is -0.113. The van der Waals surface area contributed by atoms with Gasteiger partial charge in [-0.3, -0.25) is 4.79 Å². The zero-order valence-corrected chi connectivity index (χ0v) is 15.7. The summed E-state index contributed by atoms with van der Waals surface area (Å²) in [6.07, 6.45) is 10.6. The van der Waals surface area contributed by atoms with Crippen LogP contribution in [-0.2, 0) is 4.79 Å². The molecular formula is C22H32O3. The number of hydrogen-bond donors (Lipinski definition) is 2. The number of aliphatic hydroxyl groups is 2. The molecule has 3 fully saturated rings. The molecule has 0 heterocycles. The molecule has 4 aliphatic carbocycles. The third-order valence-electron chi connectivity index (χ3n) is 8.63. The number of allylic oxidation sites excluding steroid dienone is 3. The second kappa shape index (κ2) is 5.79. The van der Waals surface area contributed by atoms with Crippen LogP contribution in [0.2, 0.25) is 0 Å². The van der Waals surface area contributed by atoms with Crippen molar-refractivity contribution in [3.63, 3.8) is 0 Å². The van der Waals surface area contributed by atoms with Gasteiger partial charge in [0.2, 0.25) is 0 Å². The first-order valence-corrected chi connectivity index (χ1v) is 10.0. The molecule has 2 N–H and O–H groups in total. The highest BCUT2D eigenvalue weighted by Gasteiger charge is 2.61. The summed E-state index contributed by atoms with van der Waals surface area (Å²) in [7, 11) is 0. The van der Waals surface area contributed by atoms with Gasteiger partial charge in [-0.2, -0.15) is 0 Å². The first kappa shape index (κ1) is 17.5. The maximum absolute atomic E-state index is 11.8. The fourth-order valence-electron chi connectivity index (χ4n) is 7.27. The number of rotatable bonds is 2. The lowest BCUT2D eigenvalue weighted by atomic mass is 9.46. The molecule has 3 saturated carbocycles. The molecule has 0 amide bonds. The van der Waals surface area contributed by atoms with E-state index in [0.717, 1.165) is 12.0 Å². The van der Waals surface area contributed by atoms with Crippen molar-refractivity contribution in [1.29, 1.82) is 0 Å². The van der Waals surface area contributed by atoms with Crippen LogP contribution in [0.5, 0.6) is 0 Å². The minimum Gasteiger partial charge on any atom is -0.396 e. The van der Waals surface area contributed by atoms with Gasteiger partial charge in [-0.25, -0.2) is 0 Å². The molecule has 25 heavy (non-hydrogen) atoms. The van der Waals surface area contributed by atoms with Crippen molar-refractivity contribution < 1.29 is 15.0 Å². The molecule has 4 aliphatic rings. The van der Waals surface area contributed by atoms with Gasteiger partial charge in [-0.15, -0.1) is 0 Å². The topological polar surface area (TPSA) is 57.5 Å². The van der Waals surface area contributed by atoms with Crippen LogP contribution in [0.25, 0.3) is 0 Å². The van der Waals surface area contributed by atoms with Crippen LogP contribution in [0, 0.1) is 40.4 Å². The second-order valence-corrected chi connectivity index (χ2v) is 9.64. The fourth-order valence-corrected chi connectivity index (χ4v) is 7.27. The monoisotopic (exact) mass is 344 g/mol. The molecule has 0 saturated heterocycles. The average molecular weight is 344 g/mol. The number of carbonyl (C=O) groups is 1. The predicted octanol–water partition coefficient (Wildman–Crippen LogP) is 3.51. The highest BCUT2D eigenvalue weighted by Crippen LogP contribution is 2.66. The van der Waals surface area contributed by atoms with E-state index < -0.39 is 0 Å². The van der Waals surface area contributed by atoms with Crippen molar-refractivity contribution in [3.05, 3.63) is 23.8 Å². The standard InChI is InChI=1S/C22H32O3/c1-13(12-23)16-4-5-17-20-18(7-9-22(16,17)3)21(2)8-6-15(24)10-14(21)11-19(20)25/h6,8,10,13,16-20,23,25H,4-5,7,9,11-12H2,1-3H3. The summed E-state index contributed by atoms with van der Waals surface area (Å²) < 4.78 is 0. The van der Waals surface area contributed by atoms with Gasteiger partial charge in [0.25, 0.3) is 0 Å². The molecule has 0 aliphatic heterocycles. The predicted molar refractivity (Wildman–Crippen MR) is 97.7 cm³/mol. The van der Waals surface area contributed by atoms with Crippen molar-refractivity contribution in [1.82, 2.24) is 0 Å². The molecule has 8 atom stereocenters. The zero-order valence-electron chi connectivity index (χ0n) is 15.7. The SMILES string of the molecule is CC(CO)C1CCC2C3C(O)CC4=CC(=O)C=CC4(C)C3CCC12C. The summed E-state index contributed by atoms with van der Waals surface area (Å²) in [5.41, 5.74) is 1.30. The Bertz CT molecular complexity index is 635. The van der Waals surface area contributed by atoms with E-state index in [4.69, 9.17) is 0 Å². The smallest absolute Gasteiger partial charge is 0.178 e. The Kier molecular flexibility index (Phi) is 4.05. The third kappa shape index (κ3) is 2.35. The van der Waals surface area contributed by atoms with Crippen LogP contribution < -0.4 is 0 Å². The number of ketones is 1. The molecule has 0 aromatic rings. The minimum absolute atomic E-state index is 0.0662. The number of carbonyl (C=O) groups excluding carboxylic acids is 1. The number of aliphatic hydroxyl groups excluding tert-OH is 2. The lowest BCUT2D eigenvalue weighted by Gasteiger charge is -2.58. The van der Waals surface area contributed by atoms with Gasteiger partial charge in [0.15, 0.2) is 5.78 Å². The summed E-state index contributed by atoms with van der Waals surface area (Å²) in [4.78, 5) is 11.8. The summed E-state index contributed by atoms with van der Waals surface area (Å²) in [6, 6.07) is 0. The largest absolute Gasteiger partial charge is 0.396 e. The molecule has 0 aromatic carbocycles.